The molecule has 0 saturated carbocycles. The summed E-state index contributed by atoms with van der Waals surface area (Å²) < 4.78 is 36.3. The average molecular weight is 271 g/mol. The Morgan fingerprint density at radius 3 is 2.56 bits per heavy atom. The van der Waals surface area contributed by atoms with E-state index in [0.29, 0.717) is 23.7 Å². The molecule has 100 valence electrons. The average Bonchev–Trinajstić information content (AvgIpc) is 2.76. The van der Waals surface area contributed by atoms with Gasteiger partial charge in [-0.1, -0.05) is 0 Å². The summed E-state index contributed by atoms with van der Waals surface area (Å²) in [6, 6.07) is 5.17. The Kier molecular flexibility index (Phi) is 3.38. The molecular weight excluding hydrogens is 254 g/mol. The van der Waals surface area contributed by atoms with Crippen LogP contribution in [-0.2, 0) is 10.0 Å². The van der Waals surface area contributed by atoms with Gasteiger partial charge in [-0.05, 0) is 32.9 Å². The van der Waals surface area contributed by atoms with E-state index in [0.717, 1.165) is 0 Å². The number of anilines is 1. The molecule has 2 rings (SSSR count). The van der Waals surface area contributed by atoms with Crippen molar-refractivity contribution >= 4 is 15.7 Å². The number of ether oxygens (including phenoxy) is 2. The number of hydrogen-bond donors (Lipinski definition) is 0. The Morgan fingerprint density at radius 2 is 1.94 bits per heavy atom. The molecule has 0 fully saturated rings. The minimum atomic E-state index is -3.32. The van der Waals surface area contributed by atoms with Gasteiger partial charge in [-0.3, -0.25) is 4.31 Å². The smallest absolute Gasteiger partial charge is 0.237 e. The van der Waals surface area contributed by atoms with E-state index in [4.69, 9.17) is 9.47 Å². The molecule has 1 aromatic rings. The summed E-state index contributed by atoms with van der Waals surface area (Å²) in [5, 5.41) is -0.456. The fourth-order valence-electron chi connectivity index (χ4n) is 1.80. The fourth-order valence-corrected chi connectivity index (χ4v) is 3.08. The first kappa shape index (κ1) is 13.0. The predicted octanol–water partition coefficient (Wildman–Crippen LogP) is 1.98. The van der Waals surface area contributed by atoms with E-state index in [1.165, 1.54) is 4.31 Å². The minimum absolute atomic E-state index is 0.182. The van der Waals surface area contributed by atoms with Gasteiger partial charge in [0, 0.05) is 12.6 Å². The lowest BCUT2D eigenvalue weighted by Gasteiger charge is -2.25. The van der Waals surface area contributed by atoms with Crippen LogP contribution in [0.5, 0.6) is 11.5 Å². The molecular formula is C12H17NO4S. The number of benzene rings is 1. The minimum Gasteiger partial charge on any atom is -0.454 e. The highest BCUT2D eigenvalue weighted by Crippen LogP contribution is 2.36. The molecule has 5 nitrogen and oxygen atoms in total. The van der Waals surface area contributed by atoms with Crippen molar-refractivity contribution in [1.29, 1.82) is 0 Å². The largest absolute Gasteiger partial charge is 0.454 e. The van der Waals surface area contributed by atoms with Gasteiger partial charge in [0.25, 0.3) is 0 Å². The second-order valence-electron chi connectivity index (χ2n) is 4.30. The van der Waals surface area contributed by atoms with Crippen molar-refractivity contribution in [3.63, 3.8) is 0 Å². The van der Waals surface area contributed by atoms with E-state index in [2.05, 4.69) is 0 Å². The quantitative estimate of drug-likeness (QED) is 0.840. The van der Waals surface area contributed by atoms with Gasteiger partial charge in [-0.25, -0.2) is 8.42 Å². The van der Waals surface area contributed by atoms with Gasteiger partial charge < -0.3 is 9.47 Å². The Hall–Kier alpha value is -1.43. The summed E-state index contributed by atoms with van der Waals surface area (Å²) in [4.78, 5) is 0. The van der Waals surface area contributed by atoms with Crippen molar-refractivity contribution in [2.75, 3.05) is 17.6 Å². The zero-order chi connectivity index (χ0) is 13.3. The maximum Gasteiger partial charge on any atom is 0.237 e. The normalized spacial score (nSPS) is 14.0. The van der Waals surface area contributed by atoms with E-state index >= 15 is 0 Å². The third kappa shape index (κ3) is 2.12. The first-order chi connectivity index (χ1) is 8.46. The Morgan fingerprint density at radius 1 is 1.28 bits per heavy atom. The molecule has 0 aliphatic carbocycles. The van der Waals surface area contributed by atoms with Crippen molar-refractivity contribution in [2.24, 2.45) is 0 Å². The Balaban J connectivity index is 2.40. The van der Waals surface area contributed by atoms with Crippen LogP contribution in [0.3, 0.4) is 0 Å². The molecule has 0 N–H and O–H groups in total. The van der Waals surface area contributed by atoms with Gasteiger partial charge in [-0.2, -0.15) is 0 Å². The summed E-state index contributed by atoms with van der Waals surface area (Å²) in [5.41, 5.74) is 0.607. The van der Waals surface area contributed by atoms with Gasteiger partial charge in [0.2, 0.25) is 16.8 Å². The number of fused-ring (bicyclic) bond motifs is 1. The number of nitrogens with zero attached hydrogens (tertiary/aromatic N) is 1. The number of rotatable bonds is 4. The van der Waals surface area contributed by atoms with E-state index < -0.39 is 15.3 Å². The van der Waals surface area contributed by atoms with Gasteiger partial charge in [0.1, 0.15) is 0 Å². The summed E-state index contributed by atoms with van der Waals surface area (Å²) in [6.07, 6.45) is 0. The Labute approximate surface area is 107 Å². The molecule has 6 heteroatoms. The maximum atomic E-state index is 12.2. The lowest BCUT2D eigenvalue weighted by atomic mass is 10.3. The molecule has 0 amide bonds. The lowest BCUT2D eigenvalue weighted by molar-refractivity contribution is 0.174. The molecule has 1 aliphatic rings. The summed E-state index contributed by atoms with van der Waals surface area (Å²) in [6.45, 7) is 5.72. The predicted molar refractivity (Wildman–Crippen MR) is 69.6 cm³/mol. The molecule has 1 heterocycles. The van der Waals surface area contributed by atoms with Crippen LogP contribution in [0.1, 0.15) is 20.8 Å². The molecule has 0 aromatic heterocycles. The van der Waals surface area contributed by atoms with Crippen molar-refractivity contribution in [3.05, 3.63) is 18.2 Å². The maximum absolute atomic E-state index is 12.2. The van der Waals surface area contributed by atoms with Crippen LogP contribution in [0, 0.1) is 0 Å². The van der Waals surface area contributed by atoms with Gasteiger partial charge in [0.15, 0.2) is 11.5 Å². The van der Waals surface area contributed by atoms with Crippen molar-refractivity contribution in [1.82, 2.24) is 0 Å². The molecule has 18 heavy (non-hydrogen) atoms. The van der Waals surface area contributed by atoms with Crippen LogP contribution >= 0.6 is 0 Å². The Bertz CT molecular complexity index is 539. The first-order valence-corrected chi connectivity index (χ1v) is 7.38. The van der Waals surface area contributed by atoms with Gasteiger partial charge >= 0.3 is 0 Å². The first-order valence-electron chi connectivity index (χ1n) is 5.88. The third-order valence-electron chi connectivity index (χ3n) is 2.83. The zero-order valence-corrected chi connectivity index (χ0v) is 11.5. The van der Waals surface area contributed by atoms with E-state index in [-0.39, 0.29) is 6.79 Å². The molecule has 0 atom stereocenters. The second-order valence-corrected chi connectivity index (χ2v) is 6.71. The highest BCUT2D eigenvalue weighted by molar-refractivity contribution is 7.93. The number of sulfonamides is 1. The van der Waals surface area contributed by atoms with Crippen molar-refractivity contribution in [3.8, 4) is 11.5 Å². The molecule has 0 spiro atoms. The molecule has 0 unspecified atom stereocenters. The van der Waals surface area contributed by atoms with Crippen LogP contribution in [0.25, 0.3) is 0 Å². The van der Waals surface area contributed by atoms with Crippen LogP contribution in [0.4, 0.5) is 5.69 Å². The van der Waals surface area contributed by atoms with Crippen LogP contribution < -0.4 is 13.8 Å². The highest BCUT2D eigenvalue weighted by atomic mass is 32.2. The van der Waals surface area contributed by atoms with Crippen LogP contribution in [0.15, 0.2) is 18.2 Å². The second kappa shape index (κ2) is 4.68. The summed E-state index contributed by atoms with van der Waals surface area (Å²) in [5.74, 6) is 1.24. The molecule has 0 saturated heterocycles. The van der Waals surface area contributed by atoms with Gasteiger partial charge in [0.05, 0.1) is 10.9 Å². The topological polar surface area (TPSA) is 55.8 Å². The molecule has 1 aliphatic heterocycles. The van der Waals surface area contributed by atoms with E-state index in [1.54, 1.807) is 32.0 Å². The van der Waals surface area contributed by atoms with Gasteiger partial charge in [-0.15, -0.1) is 0 Å². The zero-order valence-electron chi connectivity index (χ0n) is 10.7. The fraction of sp³-hybridized carbons (Fsp3) is 0.500. The van der Waals surface area contributed by atoms with Crippen molar-refractivity contribution in [2.45, 2.75) is 26.0 Å². The molecule has 1 aromatic carbocycles. The standard InChI is InChI=1S/C12H17NO4S/c1-4-13(18(14,15)9(2)3)10-5-6-11-12(7-10)17-8-16-11/h5-7,9H,4,8H2,1-3H3. The summed E-state index contributed by atoms with van der Waals surface area (Å²) in [7, 11) is -3.32. The lowest BCUT2D eigenvalue weighted by Crippen LogP contribution is -2.36. The molecule has 0 bridgehead atoms. The highest BCUT2D eigenvalue weighted by Gasteiger charge is 2.26. The van der Waals surface area contributed by atoms with E-state index in [1.807, 2.05) is 6.92 Å². The number of hydrogen-bond acceptors (Lipinski definition) is 4. The molecule has 0 radical (unpaired) electrons. The van der Waals surface area contributed by atoms with Crippen LogP contribution in [-0.4, -0.2) is 27.0 Å². The van der Waals surface area contributed by atoms with E-state index in [9.17, 15) is 8.42 Å². The van der Waals surface area contributed by atoms with Crippen molar-refractivity contribution < 1.29 is 17.9 Å². The van der Waals surface area contributed by atoms with Crippen LogP contribution in [0.2, 0.25) is 0 Å². The monoisotopic (exact) mass is 271 g/mol. The third-order valence-corrected chi connectivity index (χ3v) is 5.11. The summed E-state index contributed by atoms with van der Waals surface area (Å²) >= 11 is 0. The SMILES string of the molecule is CCN(c1ccc2c(c1)OCO2)S(=O)(=O)C(C)C.